The number of fused-ring (bicyclic) bond motifs is 3. The second kappa shape index (κ2) is 10.4. The molecule has 0 radical (unpaired) electrons. The summed E-state index contributed by atoms with van der Waals surface area (Å²) in [5.41, 5.74) is 10.8. The number of hydrogen-bond donors (Lipinski definition) is 0. The van der Waals surface area contributed by atoms with Crippen molar-refractivity contribution in [1.29, 1.82) is 0 Å². The van der Waals surface area contributed by atoms with Crippen LogP contribution in [0.1, 0.15) is 63.8 Å². The van der Waals surface area contributed by atoms with Gasteiger partial charge in [0, 0.05) is 0 Å². The summed E-state index contributed by atoms with van der Waals surface area (Å²) in [6, 6.07) is 15.5. The van der Waals surface area contributed by atoms with Crippen molar-refractivity contribution in [1.82, 2.24) is 0 Å². The van der Waals surface area contributed by atoms with Crippen LogP contribution in [-0.4, -0.2) is 14.2 Å². The van der Waals surface area contributed by atoms with Crippen LogP contribution in [0.15, 0.2) is 42.5 Å². The van der Waals surface area contributed by atoms with Gasteiger partial charge in [-0.15, -0.1) is 0 Å². The summed E-state index contributed by atoms with van der Waals surface area (Å²) in [5, 5.41) is 0. The first-order valence-corrected chi connectivity index (χ1v) is 12.5. The summed E-state index contributed by atoms with van der Waals surface area (Å²) in [5.74, 6) is 1.93. The van der Waals surface area contributed by atoms with Gasteiger partial charge in [-0.2, -0.15) is 0 Å². The maximum Gasteiger partial charge on any atom is -1.00 e. The van der Waals surface area contributed by atoms with Gasteiger partial charge in [0.2, 0.25) is 0 Å². The molecule has 0 fully saturated rings. The predicted octanol–water partition coefficient (Wildman–Crippen LogP) is 0.717. The van der Waals surface area contributed by atoms with E-state index < -0.39 is 0 Å². The minimum atomic E-state index is 0. The Morgan fingerprint density at radius 1 is 0.706 bits per heavy atom. The van der Waals surface area contributed by atoms with E-state index in [1.807, 2.05) is 6.07 Å². The second-order valence-corrected chi connectivity index (χ2v) is 12.0. The smallest absolute Gasteiger partial charge is 1.00 e. The van der Waals surface area contributed by atoms with Crippen molar-refractivity contribution in [2.24, 2.45) is 0 Å². The first-order chi connectivity index (χ1) is 15.0. The third kappa shape index (κ3) is 4.99. The molecule has 0 aliphatic heterocycles. The van der Waals surface area contributed by atoms with Crippen LogP contribution < -0.4 is 37.6 Å². The first kappa shape index (κ1) is 29.0. The Kier molecular flexibility index (Phi) is 8.84. The van der Waals surface area contributed by atoms with Crippen LogP contribution in [0.2, 0.25) is 0 Å². The molecule has 5 heteroatoms. The van der Waals surface area contributed by atoms with Crippen molar-refractivity contribution in [2.75, 3.05) is 14.2 Å². The SMILES string of the molecule is COc1ccccc1-c1c(C(C)(C)C)cc2c([c]1[Zr+2])Cc1cc(OC)c(C(C)(C)C)cc1-2.[Cl-].[Cl-]. The van der Waals surface area contributed by atoms with Crippen molar-refractivity contribution in [3.63, 3.8) is 0 Å². The maximum atomic E-state index is 5.82. The third-order valence-electron chi connectivity index (χ3n) is 6.51. The number of methoxy groups -OCH3 is 2. The van der Waals surface area contributed by atoms with Crippen LogP contribution in [0.5, 0.6) is 11.5 Å². The Morgan fingerprint density at radius 3 is 1.82 bits per heavy atom. The zero-order valence-electron chi connectivity index (χ0n) is 21.3. The molecule has 0 atom stereocenters. The summed E-state index contributed by atoms with van der Waals surface area (Å²) >= 11 is 1.44. The van der Waals surface area contributed by atoms with Crippen LogP contribution in [0.4, 0.5) is 0 Å². The molecule has 0 unspecified atom stereocenters. The topological polar surface area (TPSA) is 18.5 Å². The third-order valence-corrected chi connectivity index (χ3v) is 7.87. The van der Waals surface area contributed by atoms with Crippen molar-refractivity contribution >= 4 is 3.27 Å². The fraction of sp³-hybridized carbons (Fsp3) is 0.379. The average molecular weight is 576 g/mol. The zero-order valence-corrected chi connectivity index (χ0v) is 25.3. The average Bonchev–Trinajstić information content (AvgIpc) is 3.09. The van der Waals surface area contributed by atoms with Crippen molar-refractivity contribution in [3.05, 3.63) is 64.7 Å². The van der Waals surface area contributed by atoms with Gasteiger partial charge < -0.3 is 24.8 Å². The molecule has 1 aliphatic carbocycles. The molecule has 0 heterocycles. The standard InChI is InChI=1S/C29H33O2.2ClH.Zr/c1-28(2,3)24-16-21-18(14-23(24)20-11-9-10-12-26(20)30-7)13-19-15-27(31-8)25(17-22(19)21)29(4,5)6;;;/h9-12,15-17H,13H2,1-8H3;2*1H;/q;;;+2/p-2. The second-order valence-electron chi connectivity index (χ2n) is 10.8. The van der Waals surface area contributed by atoms with Crippen LogP contribution >= 0.6 is 0 Å². The predicted molar refractivity (Wildman–Crippen MR) is 130 cm³/mol. The van der Waals surface area contributed by atoms with E-state index in [4.69, 9.17) is 9.47 Å². The first-order valence-electron chi connectivity index (χ1n) is 11.2. The fourth-order valence-electron chi connectivity index (χ4n) is 4.83. The molecule has 179 valence electrons. The summed E-state index contributed by atoms with van der Waals surface area (Å²) in [6.07, 6.45) is 0.957. The fourth-order valence-corrected chi connectivity index (χ4v) is 6.04. The van der Waals surface area contributed by atoms with Gasteiger partial charge in [-0.1, -0.05) is 0 Å². The van der Waals surface area contributed by atoms with Gasteiger partial charge in [0.25, 0.3) is 0 Å². The minimum absolute atomic E-state index is 0. The number of rotatable bonds is 3. The molecule has 3 aromatic rings. The van der Waals surface area contributed by atoms with Crippen LogP contribution in [0, 0.1) is 0 Å². The number of halogens is 2. The van der Waals surface area contributed by atoms with E-state index in [1.54, 1.807) is 14.2 Å². The molecular weight excluding hydrogens is 542 g/mol. The zero-order chi connectivity index (χ0) is 23.4. The van der Waals surface area contributed by atoms with Crippen molar-refractivity contribution in [2.45, 2.75) is 58.8 Å². The Hall–Kier alpha value is -1.28. The number of para-hydroxylation sites is 1. The molecule has 0 N–H and O–H groups in total. The van der Waals surface area contributed by atoms with Gasteiger partial charge in [0.05, 0.1) is 0 Å². The van der Waals surface area contributed by atoms with E-state index in [0.717, 1.165) is 17.9 Å². The van der Waals surface area contributed by atoms with Crippen LogP contribution in [-0.2, 0) is 42.0 Å². The Labute approximate surface area is 232 Å². The van der Waals surface area contributed by atoms with Crippen LogP contribution in [0.3, 0.4) is 0 Å². The summed E-state index contributed by atoms with van der Waals surface area (Å²) in [6.45, 7) is 13.7. The van der Waals surface area contributed by atoms with Crippen LogP contribution in [0.25, 0.3) is 22.3 Å². The molecule has 0 saturated carbocycles. The monoisotopic (exact) mass is 573 g/mol. The normalized spacial score (nSPS) is 12.3. The Morgan fingerprint density at radius 2 is 1.26 bits per heavy atom. The minimum Gasteiger partial charge on any atom is -1.00 e. The van der Waals surface area contributed by atoms with E-state index in [-0.39, 0.29) is 35.6 Å². The van der Waals surface area contributed by atoms with E-state index in [0.29, 0.717) is 0 Å². The quantitative estimate of drug-likeness (QED) is 0.359. The Balaban J connectivity index is 0.00000204. The van der Waals surface area contributed by atoms with E-state index >= 15 is 0 Å². The maximum absolute atomic E-state index is 5.82. The van der Waals surface area contributed by atoms with Gasteiger partial charge in [0.1, 0.15) is 0 Å². The molecule has 1 aliphatic rings. The molecule has 0 bridgehead atoms. The molecule has 0 spiro atoms. The van der Waals surface area contributed by atoms with Crippen molar-refractivity contribution in [3.8, 4) is 33.8 Å². The summed E-state index contributed by atoms with van der Waals surface area (Å²) in [7, 11) is 3.55. The van der Waals surface area contributed by atoms with Crippen molar-refractivity contribution < 1.29 is 59.0 Å². The Bertz CT molecular complexity index is 1200. The molecule has 4 rings (SSSR count). The molecule has 2 nitrogen and oxygen atoms in total. The number of ether oxygens (including phenoxy) is 2. The summed E-state index contributed by atoms with van der Waals surface area (Å²) < 4.78 is 13.0. The van der Waals surface area contributed by atoms with E-state index in [1.165, 1.54) is 72.5 Å². The molecular formula is C29H33Cl2O2Zr. The molecule has 34 heavy (non-hydrogen) atoms. The number of benzene rings is 3. The van der Waals surface area contributed by atoms with Gasteiger partial charge >= 0.3 is 209 Å². The largest absolute Gasteiger partial charge is 1.00 e. The number of hydrogen-bond acceptors (Lipinski definition) is 2. The summed E-state index contributed by atoms with van der Waals surface area (Å²) in [4.78, 5) is 0. The van der Waals surface area contributed by atoms with Gasteiger partial charge in [-0.25, -0.2) is 0 Å². The van der Waals surface area contributed by atoms with E-state index in [2.05, 4.69) is 77.9 Å². The molecule has 3 aromatic carbocycles. The molecule has 0 amide bonds. The van der Waals surface area contributed by atoms with Gasteiger partial charge in [-0.05, 0) is 0 Å². The van der Waals surface area contributed by atoms with Gasteiger partial charge in [0.15, 0.2) is 0 Å². The van der Waals surface area contributed by atoms with E-state index in [9.17, 15) is 0 Å². The molecule has 0 saturated heterocycles. The molecule has 0 aromatic heterocycles. The van der Waals surface area contributed by atoms with Gasteiger partial charge in [-0.3, -0.25) is 0 Å².